The van der Waals surface area contributed by atoms with E-state index in [1.54, 1.807) is 24.3 Å². The number of aliphatic hydroxyl groups is 1. The van der Waals surface area contributed by atoms with Crippen LogP contribution in [0.15, 0.2) is 84.4 Å². The van der Waals surface area contributed by atoms with Gasteiger partial charge in [0.25, 0.3) is 11.7 Å². The SMILES string of the molecule is CCCCCOc1ccc(C2/C(=C(\O)c3cccc(OCC)c3)C(=O)C(=O)N2Cc2ccccc2)cc1. The molecule has 0 saturated carbocycles. The standard InChI is InChI=1S/C31H33NO5/c1-3-5-9-19-37-25-17-15-23(16-18-25)28-27(29(33)24-13-10-14-26(20-24)36-4-2)30(34)31(35)32(28)21-22-11-7-6-8-12-22/h6-8,10-18,20,28,33H,3-5,9,19,21H2,1-2H3/b29-27+. The van der Waals surface area contributed by atoms with E-state index in [1.807, 2.05) is 61.5 Å². The van der Waals surface area contributed by atoms with Crippen molar-refractivity contribution in [2.75, 3.05) is 13.2 Å². The highest BCUT2D eigenvalue weighted by molar-refractivity contribution is 6.46. The van der Waals surface area contributed by atoms with E-state index in [0.29, 0.717) is 24.5 Å². The minimum atomic E-state index is -0.745. The molecule has 3 aromatic rings. The van der Waals surface area contributed by atoms with Crippen LogP contribution in [0.5, 0.6) is 11.5 Å². The average molecular weight is 500 g/mol. The molecule has 1 heterocycles. The number of hydrogen-bond acceptors (Lipinski definition) is 5. The Morgan fingerprint density at radius 1 is 0.865 bits per heavy atom. The van der Waals surface area contributed by atoms with Gasteiger partial charge in [0.05, 0.1) is 24.8 Å². The normalized spacial score (nSPS) is 16.7. The van der Waals surface area contributed by atoms with Gasteiger partial charge in [-0.1, -0.05) is 74.4 Å². The Balaban J connectivity index is 1.73. The molecule has 1 saturated heterocycles. The second kappa shape index (κ2) is 12.3. The summed E-state index contributed by atoms with van der Waals surface area (Å²) < 4.78 is 11.4. The lowest BCUT2D eigenvalue weighted by Gasteiger charge is -2.25. The van der Waals surface area contributed by atoms with Crippen LogP contribution in [-0.4, -0.2) is 34.9 Å². The third-order valence-electron chi connectivity index (χ3n) is 6.37. The summed E-state index contributed by atoms with van der Waals surface area (Å²) in [5, 5.41) is 11.3. The summed E-state index contributed by atoms with van der Waals surface area (Å²) in [6.45, 7) is 5.36. The number of hydrogen-bond donors (Lipinski definition) is 1. The predicted octanol–water partition coefficient (Wildman–Crippen LogP) is 6.28. The summed E-state index contributed by atoms with van der Waals surface area (Å²) in [6.07, 6.45) is 3.21. The van der Waals surface area contributed by atoms with Crippen LogP contribution in [-0.2, 0) is 16.1 Å². The van der Waals surface area contributed by atoms with E-state index in [-0.39, 0.29) is 17.9 Å². The Morgan fingerprint density at radius 3 is 2.32 bits per heavy atom. The molecular formula is C31H33NO5. The van der Waals surface area contributed by atoms with Crippen molar-refractivity contribution in [2.24, 2.45) is 0 Å². The maximum Gasteiger partial charge on any atom is 0.295 e. The van der Waals surface area contributed by atoms with Crippen LogP contribution in [0.3, 0.4) is 0 Å². The Morgan fingerprint density at radius 2 is 1.62 bits per heavy atom. The summed E-state index contributed by atoms with van der Waals surface area (Å²) in [5.74, 6) is -0.271. The molecule has 6 nitrogen and oxygen atoms in total. The molecule has 1 fully saturated rings. The minimum absolute atomic E-state index is 0.0613. The molecule has 192 valence electrons. The molecule has 37 heavy (non-hydrogen) atoms. The van der Waals surface area contributed by atoms with Crippen LogP contribution in [0.1, 0.15) is 55.8 Å². The van der Waals surface area contributed by atoms with E-state index in [1.165, 1.54) is 4.90 Å². The monoisotopic (exact) mass is 499 g/mol. The highest BCUT2D eigenvalue weighted by atomic mass is 16.5. The van der Waals surface area contributed by atoms with Gasteiger partial charge in [-0.15, -0.1) is 0 Å². The van der Waals surface area contributed by atoms with Crippen LogP contribution in [0.25, 0.3) is 5.76 Å². The molecule has 0 spiro atoms. The van der Waals surface area contributed by atoms with E-state index in [9.17, 15) is 14.7 Å². The fourth-order valence-electron chi connectivity index (χ4n) is 4.51. The van der Waals surface area contributed by atoms with Crippen molar-refractivity contribution in [2.45, 2.75) is 45.7 Å². The topological polar surface area (TPSA) is 76.1 Å². The fraction of sp³-hybridized carbons (Fsp3) is 0.290. The maximum atomic E-state index is 13.3. The van der Waals surface area contributed by atoms with Gasteiger partial charge in [-0.25, -0.2) is 0 Å². The van der Waals surface area contributed by atoms with Gasteiger partial charge in [-0.05, 0) is 48.7 Å². The molecule has 1 atom stereocenters. The van der Waals surface area contributed by atoms with E-state index in [4.69, 9.17) is 9.47 Å². The summed E-state index contributed by atoms with van der Waals surface area (Å²) in [7, 11) is 0. The number of Topliss-reactive ketones (excluding diaryl/α,β-unsaturated/α-hetero) is 1. The number of aliphatic hydroxyl groups excluding tert-OH is 1. The molecule has 1 unspecified atom stereocenters. The molecule has 0 aliphatic carbocycles. The Kier molecular flexibility index (Phi) is 8.62. The molecule has 1 aliphatic rings. The van der Waals surface area contributed by atoms with Crippen molar-refractivity contribution in [3.8, 4) is 11.5 Å². The Labute approximate surface area is 218 Å². The average Bonchev–Trinajstić information content (AvgIpc) is 3.17. The van der Waals surface area contributed by atoms with Crippen molar-refractivity contribution >= 4 is 17.4 Å². The number of unbranched alkanes of at least 4 members (excludes halogenated alkanes) is 2. The molecule has 0 aromatic heterocycles. The molecule has 1 aliphatic heterocycles. The van der Waals surface area contributed by atoms with Crippen molar-refractivity contribution in [3.63, 3.8) is 0 Å². The van der Waals surface area contributed by atoms with Crippen molar-refractivity contribution in [1.29, 1.82) is 0 Å². The van der Waals surface area contributed by atoms with E-state index < -0.39 is 17.7 Å². The summed E-state index contributed by atoms with van der Waals surface area (Å²) in [4.78, 5) is 28.1. The van der Waals surface area contributed by atoms with Gasteiger partial charge in [0.1, 0.15) is 17.3 Å². The first kappa shape index (κ1) is 26.0. The van der Waals surface area contributed by atoms with Gasteiger partial charge in [-0.2, -0.15) is 0 Å². The van der Waals surface area contributed by atoms with E-state index in [0.717, 1.165) is 36.1 Å². The number of ketones is 1. The van der Waals surface area contributed by atoms with Gasteiger partial charge in [0, 0.05) is 12.1 Å². The zero-order valence-electron chi connectivity index (χ0n) is 21.4. The van der Waals surface area contributed by atoms with Crippen LogP contribution < -0.4 is 9.47 Å². The molecule has 0 bridgehead atoms. The molecule has 1 N–H and O–H groups in total. The highest BCUT2D eigenvalue weighted by Crippen LogP contribution is 2.41. The molecule has 3 aromatic carbocycles. The first-order chi connectivity index (χ1) is 18.0. The quantitative estimate of drug-likeness (QED) is 0.146. The zero-order chi connectivity index (χ0) is 26.2. The Hall–Kier alpha value is -4.06. The molecule has 6 heteroatoms. The minimum Gasteiger partial charge on any atom is -0.507 e. The number of carbonyl (C=O) groups is 2. The highest BCUT2D eigenvalue weighted by Gasteiger charge is 2.46. The lowest BCUT2D eigenvalue weighted by molar-refractivity contribution is -0.140. The first-order valence-corrected chi connectivity index (χ1v) is 12.8. The molecule has 1 amide bonds. The van der Waals surface area contributed by atoms with Crippen molar-refractivity contribution in [1.82, 2.24) is 4.90 Å². The lowest BCUT2D eigenvalue weighted by Crippen LogP contribution is -2.29. The first-order valence-electron chi connectivity index (χ1n) is 12.8. The molecule has 0 radical (unpaired) electrons. The van der Waals surface area contributed by atoms with E-state index in [2.05, 4.69) is 6.92 Å². The number of likely N-dealkylation sites (tertiary alicyclic amines) is 1. The van der Waals surface area contributed by atoms with Gasteiger partial charge in [0.2, 0.25) is 0 Å². The number of benzene rings is 3. The third kappa shape index (κ3) is 6.02. The second-order valence-corrected chi connectivity index (χ2v) is 9.00. The smallest absolute Gasteiger partial charge is 0.295 e. The number of amides is 1. The zero-order valence-corrected chi connectivity index (χ0v) is 21.4. The largest absolute Gasteiger partial charge is 0.507 e. The van der Waals surface area contributed by atoms with Gasteiger partial charge in [-0.3, -0.25) is 9.59 Å². The van der Waals surface area contributed by atoms with Crippen LogP contribution in [0, 0.1) is 0 Å². The summed E-state index contributed by atoms with van der Waals surface area (Å²) >= 11 is 0. The molecule has 4 rings (SSSR count). The van der Waals surface area contributed by atoms with Crippen LogP contribution >= 0.6 is 0 Å². The van der Waals surface area contributed by atoms with Gasteiger partial charge in [0.15, 0.2) is 0 Å². The number of ether oxygens (including phenoxy) is 2. The number of nitrogens with zero attached hydrogens (tertiary/aromatic N) is 1. The van der Waals surface area contributed by atoms with Gasteiger partial charge >= 0.3 is 0 Å². The van der Waals surface area contributed by atoms with Crippen LogP contribution in [0.2, 0.25) is 0 Å². The number of carbonyl (C=O) groups excluding carboxylic acids is 2. The summed E-state index contributed by atoms with van der Waals surface area (Å²) in [5.41, 5.74) is 2.10. The maximum absolute atomic E-state index is 13.3. The number of rotatable bonds is 11. The van der Waals surface area contributed by atoms with Crippen LogP contribution in [0.4, 0.5) is 0 Å². The Bertz CT molecular complexity index is 1250. The van der Waals surface area contributed by atoms with Gasteiger partial charge < -0.3 is 19.5 Å². The molecular weight excluding hydrogens is 466 g/mol. The summed E-state index contributed by atoms with van der Waals surface area (Å²) in [6, 6.07) is 23.1. The third-order valence-corrected chi connectivity index (χ3v) is 6.37. The predicted molar refractivity (Wildman–Crippen MR) is 143 cm³/mol. The van der Waals surface area contributed by atoms with Crippen molar-refractivity contribution in [3.05, 3.63) is 101 Å². The second-order valence-electron chi connectivity index (χ2n) is 9.00. The van der Waals surface area contributed by atoms with E-state index >= 15 is 0 Å². The fourth-order valence-corrected chi connectivity index (χ4v) is 4.51. The lowest BCUT2D eigenvalue weighted by atomic mass is 9.95. The van der Waals surface area contributed by atoms with Crippen molar-refractivity contribution < 1.29 is 24.2 Å².